The van der Waals surface area contributed by atoms with E-state index in [0.717, 1.165) is 22.4 Å². The lowest BCUT2D eigenvalue weighted by molar-refractivity contribution is -0.138. The van der Waals surface area contributed by atoms with E-state index in [4.69, 9.17) is 4.74 Å². The van der Waals surface area contributed by atoms with Gasteiger partial charge in [-0.3, -0.25) is 4.79 Å². The highest BCUT2D eigenvalue weighted by atomic mass is 19.1. The van der Waals surface area contributed by atoms with Crippen molar-refractivity contribution >= 4 is 11.7 Å². The number of fused-ring (bicyclic) bond motifs is 1. The largest absolute Gasteiger partial charge is 0.483 e. The van der Waals surface area contributed by atoms with Gasteiger partial charge in [0, 0.05) is 0 Å². The van der Waals surface area contributed by atoms with Crippen molar-refractivity contribution in [2.75, 3.05) is 18.4 Å². The molecule has 1 aliphatic rings. The van der Waals surface area contributed by atoms with Gasteiger partial charge in [-0.1, -0.05) is 42.5 Å². The summed E-state index contributed by atoms with van der Waals surface area (Å²) < 4.78 is 20.3. The maximum atomic E-state index is 14.0. The van der Waals surface area contributed by atoms with Gasteiger partial charge in [0.1, 0.15) is 18.0 Å². The Labute approximate surface area is 198 Å². The smallest absolute Gasteiger partial charge is 0.310 e. The van der Waals surface area contributed by atoms with Crippen molar-refractivity contribution in [3.63, 3.8) is 0 Å². The third-order valence-electron chi connectivity index (χ3n) is 6.08. The minimum atomic E-state index is -0.861. The molecule has 0 unspecified atom stereocenters. The number of rotatable bonds is 8. The van der Waals surface area contributed by atoms with Gasteiger partial charge >= 0.3 is 5.97 Å². The van der Waals surface area contributed by atoms with E-state index in [2.05, 4.69) is 16.7 Å². The Morgan fingerprint density at radius 1 is 1.21 bits per heavy atom. The van der Waals surface area contributed by atoms with E-state index >= 15 is 0 Å². The molecular weight excluding hydrogens is 433 g/mol. The summed E-state index contributed by atoms with van der Waals surface area (Å²) >= 11 is 0. The van der Waals surface area contributed by atoms with Gasteiger partial charge in [0.2, 0.25) is 0 Å². The molecule has 3 aromatic rings. The number of carbonyl (C=O) groups is 1. The fourth-order valence-corrected chi connectivity index (χ4v) is 4.18. The molecule has 3 aromatic carbocycles. The second-order valence-corrected chi connectivity index (χ2v) is 8.37. The van der Waals surface area contributed by atoms with Crippen LogP contribution in [0.5, 0.6) is 5.75 Å². The first-order valence-corrected chi connectivity index (χ1v) is 11.2. The van der Waals surface area contributed by atoms with Crippen molar-refractivity contribution < 1.29 is 19.0 Å². The number of aliphatic carboxylic acids is 1. The highest BCUT2D eigenvalue weighted by molar-refractivity contribution is 5.75. The van der Waals surface area contributed by atoms with E-state index in [1.807, 2.05) is 36.4 Å². The van der Waals surface area contributed by atoms with Crippen LogP contribution in [0.4, 0.5) is 10.1 Å². The Balaban J connectivity index is 1.52. The average Bonchev–Trinajstić information content (AvgIpc) is 2.85. The maximum Gasteiger partial charge on any atom is 0.310 e. The molecular formula is C27H26FN3O3. The number of hydrogen-bond acceptors (Lipinski definition) is 5. The molecule has 3 N–H and O–H groups in total. The lowest BCUT2D eigenvalue weighted by Crippen LogP contribution is -2.43. The molecule has 0 radical (unpaired) electrons. The predicted molar refractivity (Wildman–Crippen MR) is 127 cm³/mol. The molecule has 7 heteroatoms. The average molecular weight is 460 g/mol. The highest BCUT2D eigenvalue weighted by Crippen LogP contribution is 2.35. The summed E-state index contributed by atoms with van der Waals surface area (Å²) in [6.07, 6.45) is 0.286. The van der Waals surface area contributed by atoms with Gasteiger partial charge in [-0.2, -0.15) is 5.26 Å². The topological polar surface area (TPSA) is 94.4 Å². The van der Waals surface area contributed by atoms with Gasteiger partial charge in [0.15, 0.2) is 5.75 Å². The lowest BCUT2D eigenvalue weighted by atomic mass is 9.97. The summed E-state index contributed by atoms with van der Waals surface area (Å²) in [5.41, 5.74) is 3.72. The van der Waals surface area contributed by atoms with Crippen LogP contribution in [-0.4, -0.2) is 30.3 Å². The monoisotopic (exact) mass is 459 g/mol. The van der Waals surface area contributed by atoms with Crippen LogP contribution in [0.25, 0.3) is 0 Å². The Kier molecular flexibility index (Phi) is 7.09. The fraction of sp³-hybridized carbons (Fsp3) is 0.259. The molecule has 0 fully saturated rings. The molecule has 0 bridgehead atoms. The van der Waals surface area contributed by atoms with Crippen LogP contribution < -0.4 is 15.4 Å². The molecule has 0 aliphatic carbocycles. The number of nitrogens with zero attached hydrogens (tertiary/aromatic N) is 1. The van der Waals surface area contributed by atoms with Crippen molar-refractivity contribution in [1.82, 2.24) is 5.32 Å². The maximum absolute atomic E-state index is 14.0. The molecule has 174 valence electrons. The number of carboxylic acids is 1. The van der Waals surface area contributed by atoms with E-state index < -0.39 is 11.9 Å². The van der Waals surface area contributed by atoms with Crippen molar-refractivity contribution in [3.8, 4) is 11.8 Å². The first-order valence-electron chi connectivity index (χ1n) is 11.2. The summed E-state index contributed by atoms with van der Waals surface area (Å²) in [7, 11) is 0. The fourth-order valence-electron chi connectivity index (χ4n) is 4.18. The molecule has 0 amide bonds. The lowest BCUT2D eigenvalue weighted by Gasteiger charge is -2.34. The Morgan fingerprint density at radius 3 is 2.74 bits per heavy atom. The molecule has 4 rings (SSSR count). The Bertz CT molecular complexity index is 1220. The molecule has 6 nitrogen and oxygen atoms in total. The van der Waals surface area contributed by atoms with Gasteiger partial charge in [-0.15, -0.1) is 0 Å². The zero-order valence-corrected chi connectivity index (χ0v) is 18.8. The van der Waals surface area contributed by atoms with Crippen LogP contribution in [-0.2, 0) is 11.2 Å². The van der Waals surface area contributed by atoms with Crippen molar-refractivity contribution in [3.05, 3.63) is 94.8 Å². The third kappa shape index (κ3) is 5.19. The second-order valence-electron chi connectivity index (χ2n) is 8.37. The van der Waals surface area contributed by atoms with Crippen LogP contribution in [0.2, 0.25) is 0 Å². The Morgan fingerprint density at radius 2 is 1.97 bits per heavy atom. The molecule has 3 atom stereocenters. The molecule has 0 saturated heterocycles. The summed E-state index contributed by atoms with van der Waals surface area (Å²) in [5.74, 6) is -1.27. The number of benzene rings is 3. The van der Waals surface area contributed by atoms with Crippen molar-refractivity contribution in [1.29, 1.82) is 5.26 Å². The Hall–Kier alpha value is -3.89. The van der Waals surface area contributed by atoms with Gasteiger partial charge in [-0.25, -0.2) is 4.39 Å². The van der Waals surface area contributed by atoms with E-state index in [1.54, 1.807) is 25.1 Å². The van der Waals surface area contributed by atoms with E-state index in [1.165, 1.54) is 12.1 Å². The molecule has 0 saturated carbocycles. The van der Waals surface area contributed by atoms with E-state index in [0.29, 0.717) is 30.8 Å². The third-order valence-corrected chi connectivity index (χ3v) is 6.08. The van der Waals surface area contributed by atoms with Crippen LogP contribution >= 0.6 is 0 Å². The summed E-state index contributed by atoms with van der Waals surface area (Å²) in [5, 5.41) is 25.6. The van der Waals surface area contributed by atoms with Gasteiger partial charge in [-0.05, 0) is 60.8 Å². The SMILES string of the molecule is C[C@@H](C(=O)O)c1cccc(CCN[C@H](c2cccc(F)c2)[C@H]2CNc3cccc(C#N)c3O2)c1. The van der Waals surface area contributed by atoms with Crippen molar-refractivity contribution in [2.24, 2.45) is 0 Å². The zero-order chi connectivity index (χ0) is 24.1. The minimum absolute atomic E-state index is 0.329. The second kappa shape index (κ2) is 10.4. The quantitative estimate of drug-likeness (QED) is 0.455. The summed E-state index contributed by atoms with van der Waals surface area (Å²) in [6, 6.07) is 21.2. The van der Waals surface area contributed by atoms with Crippen LogP contribution in [0.3, 0.4) is 0 Å². The van der Waals surface area contributed by atoms with E-state index in [-0.39, 0.29) is 18.0 Å². The first kappa shape index (κ1) is 23.3. The van der Waals surface area contributed by atoms with Gasteiger partial charge in [0.05, 0.1) is 29.8 Å². The number of anilines is 1. The number of para-hydroxylation sites is 1. The molecule has 34 heavy (non-hydrogen) atoms. The standard InChI is InChI=1S/C27H26FN3O3/c1-17(27(32)33)19-6-2-5-18(13-19)11-12-30-25(20-7-3-9-22(28)14-20)24-16-31-23-10-4-8-21(15-29)26(23)34-24/h2-10,13-14,17,24-25,30-31H,11-12,16H2,1H3,(H,32,33)/t17-,24-,25-/m1/s1. The number of nitriles is 1. The first-order chi connectivity index (χ1) is 16.5. The molecule has 1 heterocycles. The number of carboxylic acid groups (broad SMARTS) is 1. The van der Waals surface area contributed by atoms with Gasteiger partial charge < -0.3 is 20.5 Å². The number of ether oxygens (including phenoxy) is 1. The minimum Gasteiger partial charge on any atom is -0.483 e. The predicted octanol–water partition coefficient (Wildman–Crippen LogP) is 4.63. The number of hydrogen-bond donors (Lipinski definition) is 3. The van der Waals surface area contributed by atoms with Crippen LogP contribution in [0.1, 0.15) is 41.1 Å². The van der Waals surface area contributed by atoms with Gasteiger partial charge in [0.25, 0.3) is 0 Å². The van der Waals surface area contributed by atoms with E-state index in [9.17, 15) is 19.6 Å². The zero-order valence-electron chi connectivity index (χ0n) is 18.8. The van der Waals surface area contributed by atoms with Crippen LogP contribution in [0, 0.1) is 17.1 Å². The molecule has 0 spiro atoms. The number of nitrogens with one attached hydrogen (secondary N) is 2. The highest BCUT2D eigenvalue weighted by Gasteiger charge is 2.30. The van der Waals surface area contributed by atoms with Crippen molar-refractivity contribution in [2.45, 2.75) is 31.4 Å². The molecule has 0 aromatic heterocycles. The molecule has 1 aliphatic heterocycles. The summed E-state index contributed by atoms with van der Waals surface area (Å²) in [6.45, 7) is 2.72. The van der Waals surface area contributed by atoms with Crippen LogP contribution in [0.15, 0.2) is 66.7 Å². The number of halogens is 1. The normalized spacial score (nSPS) is 16.3. The summed E-state index contributed by atoms with van der Waals surface area (Å²) in [4.78, 5) is 11.3.